The fourth-order valence-electron chi connectivity index (χ4n) is 3.18. The number of carbonyl (C=O) groups excluding carboxylic acids is 1. The van der Waals surface area contributed by atoms with E-state index in [1.807, 2.05) is 6.07 Å². The van der Waals surface area contributed by atoms with Gasteiger partial charge in [0.1, 0.15) is 18.2 Å². The number of amides is 1. The molecule has 0 unspecified atom stereocenters. The summed E-state index contributed by atoms with van der Waals surface area (Å²) in [5.74, 6) is 0.784. The average Bonchev–Trinajstić information content (AvgIpc) is 2.50. The molecule has 1 aromatic heterocycles. The summed E-state index contributed by atoms with van der Waals surface area (Å²) in [7, 11) is 0. The predicted molar refractivity (Wildman–Crippen MR) is 86.8 cm³/mol. The Morgan fingerprint density at radius 1 is 1.39 bits per heavy atom. The van der Waals surface area contributed by atoms with Crippen LogP contribution in [0.2, 0.25) is 0 Å². The van der Waals surface area contributed by atoms with E-state index in [-0.39, 0.29) is 24.1 Å². The largest absolute Gasteiger partial charge is 0.351 e. The lowest BCUT2D eigenvalue weighted by Crippen LogP contribution is -2.46. The smallest absolute Gasteiger partial charge is 0.285 e. The molecule has 1 heterocycles. The van der Waals surface area contributed by atoms with Crippen LogP contribution in [0.1, 0.15) is 49.9 Å². The molecule has 1 aromatic rings. The number of nitrogens with one attached hydrogen (secondary N) is 1. The van der Waals surface area contributed by atoms with Gasteiger partial charge in [0.05, 0.1) is 5.69 Å². The number of nitrogens with zero attached hydrogens (tertiary/aromatic N) is 3. The molecule has 3 atom stereocenters. The molecule has 0 saturated heterocycles. The molecule has 0 aromatic carbocycles. The molecule has 1 amide bonds. The van der Waals surface area contributed by atoms with Crippen molar-refractivity contribution in [3.05, 3.63) is 27.2 Å². The fourth-order valence-corrected chi connectivity index (χ4v) is 3.18. The first-order chi connectivity index (χ1) is 10.8. The summed E-state index contributed by atoms with van der Waals surface area (Å²) in [5.41, 5.74) is 0.721. The molecule has 1 fully saturated rings. The third-order valence-corrected chi connectivity index (χ3v) is 5.10. The van der Waals surface area contributed by atoms with E-state index in [9.17, 15) is 9.59 Å². The van der Waals surface area contributed by atoms with E-state index >= 15 is 0 Å². The molecule has 2 rings (SSSR count). The standard InChI is InChI=1S/C17H24N4O2/c1-10-6-5-7-15(11(10)2)19-16(22)9-21-17(23)14(8-18)12(3)13(4)20-21/h10-11,15H,5-7,9H2,1-4H3,(H,19,22)/t10-,11-,15-/m0/s1. The van der Waals surface area contributed by atoms with Gasteiger partial charge in [-0.2, -0.15) is 10.4 Å². The number of nitriles is 1. The first-order valence-corrected chi connectivity index (χ1v) is 8.13. The van der Waals surface area contributed by atoms with Crippen molar-refractivity contribution in [1.29, 1.82) is 5.26 Å². The van der Waals surface area contributed by atoms with Gasteiger partial charge < -0.3 is 5.32 Å². The Hall–Kier alpha value is -2.16. The molecule has 0 spiro atoms. The zero-order chi connectivity index (χ0) is 17.1. The van der Waals surface area contributed by atoms with Gasteiger partial charge in [-0.1, -0.05) is 26.7 Å². The Morgan fingerprint density at radius 3 is 2.74 bits per heavy atom. The summed E-state index contributed by atoms with van der Waals surface area (Å²) in [6.07, 6.45) is 3.27. The second-order valence-corrected chi connectivity index (χ2v) is 6.60. The van der Waals surface area contributed by atoms with E-state index in [0.29, 0.717) is 23.1 Å². The highest BCUT2D eigenvalue weighted by Gasteiger charge is 2.28. The molecular weight excluding hydrogens is 292 g/mol. The number of hydrogen-bond acceptors (Lipinski definition) is 4. The van der Waals surface area contributed by atoms with Crippen LogP contribution in [-0.4, -0.2) is 21.7 Å². The van der Waals surface area contributed by atoms with Crippen molar-refractivity contribution in [2.45, 2.75) is 59.5 Å². The van der Waals surface area contributed by atoms with E-state index in [4.69, 9.17) is 5.26 Å². The summed E-state index contributed by atoms with van der Waals surface area (Å²) >= 11 is 0. The third kappa shape index (κ3) is 3.61. The van der Waals surface area contributed by atoms with Gasteiger partial charge in [-0.05, 0) is 37.7 Å². The van der Waals surface area contributed by atoms with E-state index in [1.54, 1.807) is 13.8 Å². The SMILES string of the molecule is Cc1nn(CC(=O)N[C@H]2CCC[C@H](C)[C@@H]2C)c(=O)c(C#N)c1C. The molecule has 0 radical (unpaired) electrons. The van der Waals surface area contributed by atoms with Crippen LogP contribution < -0.4 is 10.9 Å². The minimum Gasteiger partial charge on any atom is -0.351 e. The van der Waals surface area contributed by atoms with Crippen molar-refractivity contribution in [3.8, 4) is 6.07 Å². The van der Waals surface area contributed by atoms with Gasteiger partial charge in [0, 0.05) is 6.04 Å². The van der Waals surface area contributed by atoms with Crippen molar-refractivity contribution < 1.29 is 4.79 Å². The maximum Gasteiger partial charge on any atom is 0.285 e. The molecule has 1 aliphatic carbocycles. The molecule has 6 heteroatoms. The molecular formula is C17H24N4O2. The summed E-state index contributed by atoms with van der Waals surface area (Å²) in [6, 6.07) is 2.05. The summed E-state index contributed by atoms with van der Waals surface area (Å²) in [4.78, 5) is 24.5. The first kappa shape index (κ1) is 17.2. The second-order valence-electron chi connectivity index (χ2n) is 6.60. The lowest BCUT2D eigenvalue weighted by Gasteiger charge is -2.34. The quantitative estimate of drug-likeness (QED) is 0.919. The lowest BCUT2D eigenvalue weighted by atomic mass is 9.78. The third-order valence-electron chi connectivity index (χ3n) is 5.10. The average molecular weight is 316 g/mol. The van der Waals surface area contributed by atoms with Crippen LogP contribution in [0.25, 0.3) is 0 Å². The molecule has 1 aliphatic rings. The van der Waals surface area contributed by atoms with Crippen molar-refractivity contribution >= 4 is 5.91 Å². The first-order valence-electron chi connectivity index (χ1n) is 8.13. The molecule has 0 bridgehead atoms. The molecule has 0 aliphatic heterocycles. The Bertz CT molecular complexity index is 702. The van der Waals surface area contributed by atoms with Gasteiger partial charge >= 0.3 is 0 Å². The maximum atomic E-state index is 12.3. The van der Waals surface area contributed by atoms with E-state index in [0.717, 1.165) is 17.5 Å². The minimum atomic E-state index is -0.504. The van der Waals surface area contributed by atoms with Crippen LogP contribution in [0, 0.1) is 37.0 Å². The zero-order valence-electron chi connectivity index (χ0n) is 14.2. The van der Waals surface area contributed by atoms with Crippen LogP contribution in [-0.2, 0) is 11.3 Å². The van der Waals surface area contributed by atoms with Gasteiger partial charge in [-0.3, -0.25) is 9.59 Å². The van der Waals surface area contributed by atoms with Crippen LogP contribution in [0.5, 0.6) is 0 Å². The van der Waals surface area contributed by atoms with Gasteiger partial charge in [0.15, 0.2) is 0 Å². The van der Waals surface area contributed by atoms with Crippen molar-refractivity contribution in [3.63, 3.8) is 0 Å². The minimum absolute atomic E-state index is 0.0601. The van der Waals surface area contributed by atoms with E-state index < -0.39 is 5.56 Å². The summed E-state index contributed by atoms with van der Waals surface area (Å²) in [6.45, 7) is 7.64. The van der Waals surface area contributed by atoms with Crippen LogP contribution in [0.4, 0.5) is 0 Å². The molecule has 124 valence electrons. The highest BCUT2D eigenvalue weighted by Crippen LogP contribution is 2.29. The molecule has 1 saturated carbocycles. The Balaban J connectivity index is 2.14. The number of aromatic nitrogens is 2. The van der Waals surface area contributed by atoms with Crippen molar-refractivity contribution in [2.24, 2.45) is 11.8 Å². The lowest BCUT2D eigenvalue weighted by molar-refractivity contribution is -0.123. The van der Waals surface area contributed by atoms with Crippen LogP contribution in [0.15, 0.2) is 4.79 Å². The van der Waals surface area contributed by atoms with Gasteiger partial charge in [-0.15, -0.1) is 0 Å². The van der Waals surface area contributed by atoms with Gasteiger partial charge in [0.2, 0.25) is 5.91 Å². The van der Waals surface area contributed by atoms with E-state index in [2.05, 4.69) is 24.3 Å². The molecule has 23 heavy (non-hydrogen) atoms. The highest BCUT2D eigenvalue weighted by atomic mass is 16.2. The fraction of sp³-hybridized carbons (Fsp3) is 0.647. The van der Waals surface area contributed by atoms with Gasteiger partial charge in [-0.25, -0.2) is 4.68 Å². The number of hydrogen-bond donors (Lipinski definition) is 1. The summed E-state index contributed by atoms with van der Waals surface area (Å²) in [5, 5.41) is 16.3. The highest BCUT2D eigenvalue weighted by molar-refractivity contribution is 5.76. The monoisotopic (exact) mass is 316 g/mol. The van der Waals surface area contributed by atoms with Crippen molar-refractivity contribution in [1.82, 2.24) is 15.1 Å². The Labute approximate surface area is 136 Å². The summed E-state index contributed by atoms with van der Waals surface area (Å²) < 4.78 is 1.09. The molecule has 1 N–H and O–H groups in total. The normalized spacial score (nSPS) is 24.0. The van der Waals surface area contributed by atoms with Crippen LogP contribution >= 0.6 is 0 Å². The predicted octanol–water partition coefficient (Wildman–Crippen LogP) is 1.67. The Kier molecular flexibility index (Phi) is 5.19. The van der Waals surface area contributed by atoms with E-state index in [1.165, 1.54) is 6.42 Å². The maximum absolute atomic E-state index is 12.3. The molecule has 6 nitrogen and oxygen atoms in total. The Morgan fingerprint density at radius 2 is 2.09 bits per heavy atom. The number of carbonyl (C=O) groups is 1. The van der Waals surface area contributed by atoms with Crippen molar-refractivity contribution in [2.75, 3.05) is 0 Å². The van der Waals surface area contributed by atoms with Crippen LogP contribution in [0.3, 0.4) is 0 Å². The number of aryl methyl sites for hydroxylation is 1. The zero-order valence-corrected chi connectivity index (χ0v) is 14.2. The topological polar surface area (TPSA) is 87.8 Å². The number of rotatable bonds is 3. The second kappa shape index (κ2) is 6.95. The van der Waals surface area contributed by atoms with Gasteiger partial charge in [0.25, 0.3) is 5.56 Å².